The van der Waals surface area contributed by atoms with Crippen LogP contribution in [0.5, 0.6) is 0 Å². The van der Waals surface area contributed by atoms with Crippen molar-refractivity contribution in [2.24, 2.45) is 5.92 Å². The van der Waals surface area contributed by atoms with E-state index in [9.17, 15) is 4.79 Å². The van der Waals surface area contributed by atoms with Gasteiger partial charge < -0.3 is 10.2 Å². The van der Waals surface area contributed by atoms with Gasteiger partial charge in [0, 0.05) is 19.2 Å². The van der Waals surface area contributed by atoms with Crippen LogP contribution in [0, 0.1) is 5.92 Å². The number of carbonyl (C=O) groups is 1. The first-order chi connectivity index (χ1) is 9.15. The van der Waals surface area contributed by atoms with E-state index < -0.39 is 0 Å². The maximum atomic E-state index is 11.7. The average molecular weight is 260 g/mol. The summed E-state index contributed by atoms with van der Waals surface area (Å²) in [7, 11) is 3.88. The topological polar surface area (TPSA) is 32.3 Å². The van der Waals surface area contributed by atoms with Gasteiger partial charge >= 0.3 is 0 Å². The van der Waals surface area contributed by atoms with Crippen LogP contribution in [0.15, 0.2) is 18.2 Å². The molecule has 1 aromatic carbocycles. The first-order valence-corrected chi connectivity index (χ1v) is 7.18. The number of nitrogens with one attached hydrogen (secondary N) is 1. The molecular weight excluding hydrogens is 236 g/mol. The third-order valence-corrected chi connectivity index (χ3v) is 4.08. The van der Waals surface area contributed by atoms with E-state index in [0.29, 0.717) is 12.3 Å². The molecule has 0 bridgehead atoms. The normalized spacial score (nSPS) is 16.4. The molecule has 0 saturated carbocycles. The highest BCUT2D eigenvalue weighted by Crippen LogP contribution is 2.28. The van der Waals surface area contributed by atoms with E-state index in [-0.39, 0.29) is 5.91 Å². The van der Waals surface area contributed by atoms with Gasteiger partial charge in [-0.05, 0) is 49.5 Å². The molecule has 1 aliphatic rings. The molecule has 1 unspecified atom stereocenters. The van der Waals surface area contributed by atoms with Crippen molar-refractivity contribution < 1.29 is 4.79 Å². The van der Waals surface area contributed by atoms with Crippen LogP contribution in [0.1, 0.15) is 30.9 Å². The van der Waals surface area contributed by atoms with E-state index >= 15 is 0 Å². The zero-order chi connectivity index (χ0) is 13.8. The zero-order valence-corrected chi connectivity index (χ0v) is 12.2. The second kappa shape index (κ2) is 6.20. The number of carbonyl (C=O) groups excluding carboxylic acids is 1. The molecule has 2 rings (SSSR count). The maximum absolute atomic E-state index is 11.7. The number of hydrogen-bond donors (Lipinski definition) is 1. The summed E-state index contributed by atoms with van der Waals surface area (Å²) in [6.45, 7) is 3.30. The van der Waals surface area contributed by atoms with Crippen molar-refractivity contribution in [1.29, 1.82) is 0 Å². The molecule has 0 radical (unpaired) electrons. The predicted molar refractivity (Wildman–Crippen MR) is 79.6 cm³/mol. The van der Waals surface area contributed by atoms with Gasteiger partial charge in [0.2, 0.25) is 5.91 Å². The molecule has 1 amide bonds. The molecule has 0 aliphatic carbocycles. The minimum absolute atomic E-state index is 0.224. The molecule has 1 heterocycles. The molecule has 19 heavy (non-hydrogen) atoms. The van der Waals surface area contributed by atoms with Gasteiger partial charge in [-0.15, -0.1) is 0 Å². The van der Waals surface area contributed by atoms with Gasteiger partial charge in [-0.25, -0.2) is 0 Å². The Morgan fingerprint density at radius 3 is 2.84 bits per heavy atom. The quantitative estimate of drug-likeness (QED) is 0.881. The van der Waals surface area contributed by atoms with Gasteiger partial charge in [-0.3, -0.25) is 4.79 Å². The summed E-state index contributed by atoms with van der Waals surface area (Å²) in [4.78, 5) is 13.5. The monoisotopic (exact) mass is 260 g/mol. The molecule has 3 heteroatoms. The molecule has 3 nitrogen and oxygen atoms in total. The predicted octanol–water partition coefficient (Wildman–Crippen LogP) is 2.38. The highest BCUT2D eigenvalue weighted by atomic mass is 16.2. The fraction of sp³-hybridized carbons (Fsp3) is 0.562. The van der Waals surface area contributed by atoms with Crippen molar-refractivity contribution in [1.82, 2.24) is 5.32 Å². The smallest absolute Gasteiger partial charge is 0.227 e. The summed E-state index contributed by atoms with van der Waals surface area (Å²) in [5.74, 6) is 0.910. The van der Waals surface area contributed by atoms with Gasteiger partial charge in [0.15, 0.2) is 0 Å². The fourth-order valence-corrected chi connectivity index (χ4v) is 2.82. The van der Waals surface area contributed by atoms with Crippen LogP contribution in [-0.4, -0.2) is 26.5 Å². The Morgan fingerprint density at radius 2 is 2.16 bits per heavy atom. The number of amides is 1. The van der Waals surface area contributed by atoms with Crippen LogP contribution in [0.2, 0.25) is 0 Å². The Hall–Kier alpha value is -1.35. The first-order valence-electron chi connectivity index (χ1n) is 7.18. The lowest BCUT2D eigenvalue weighted by Crippen LogP contribution is -2.31. The minimum Gasteiger partial charge on any atom is -0.319 e. The SMILES string of the molecule is CCC(CNC)Cc1ccc2c(c1)CCC(=O)N2C. The molecule has 0 saturated heterocycles. The van der Waals surface area contributed by atoms with Crippen LogP contribution in [0.3, 0.4) is 0 Å². The zero-order valence-electron chi connectivity index (χ0n) is 12.2. The van der Waals surface area contributed by atoms with Gasteiger partial charge in [-0.1, -0.05) is 25.5 Å². The highest BCUT2D eigenvalue weighted by Gasteiger charge is 2.21. The molecule has 0 fully saturated rings. The van der Waals surface area contributed by atoms with Crippen LogP contribution in [-0.2, 0) is 17.6 Å². The van der Waals surface area contributed by atoms with Crippen molar-refractivity contribution in [3.63, 3.8) is 0 Å². The second-order valence-electron chi connectivity index (χ2n) is 5.45. The summed E-state index contributed by atoms with van der Waals surface area (Å²) >= 11 is 0. The van der Waals surface area contributed by atoms with Crippen LogP contribution in [0.25, 0.3) is 0 Å². The summed E-state index contributed by atoms with van der Waals surface area (Å²) in [6, 6.07) is 6.57. The lowest BCUT2D eigenvalue weighted by atomic mass is 9.93. The molecule has 1 N–H and O–H groups in total. The molecular formula is C16H24N2O. The molecule has 0 spiro atoms. The summed E-state index contributed by atoms with van der Waals surface area (Å²) in [5, 5.41) is 3.26. The van der Waals surface area contributed by atoms with Gasteiger partial charge in [0.1, 0.15) is 0 Å². The standard InChI is InChI=1S/C16H24N2O/c1-4-12(11-17-2)9-13-5-7-15-14(10-13)6-8-16(19)18(15)3/h5,7,10,12,17H,4,6,8-9,11H2,1-3H3. The van der Waals surface area contributed by atoms with E-state index in [0.717, 1.165) is 25.1 Å². The van der Waals surface area contributed by atoms with E-state index in [1.807, 2.05) is 14.1 Å². The highest BCUT2D eigenvalue weighted by molar-refractivity contribution is 5.95. The van der Waals surface area contributed by atoms with Gasteiger partial charge in [0.05, 0.1) is 0 Å². The van der Waals surface area contributed by atoms with E-state index in [1.165, 1.54) is 17.5 Å². The summed E-state index contributed by atoms with van der Waals surface area (Å²) < 4.78 is 0. The van der Waals surface area contributed by atoms with Crippen LogP contribution >= 0.6 is 0 Å². The summed E-state index contributed by atoms with van der Waals surface area (Å²) in [5.41, 5.74) is 3.80. The Kier molecular flexibility index (Phi) is 4.59. The number of hydrogen-bond acceptors (Lipinski definition) is 2. The lowest BCUT2D eigenvalue weighted by Gasteiger charge is -2.26. The Labute approximate surface area is 116 Å². The molecule has 1 atom stereocenters. The van der Waals surface area contributed by atoms with Crippen molar-refractivity contribution >= 4 is 11.6 Å². The molecule has 1 aromatic rings. The van der Waals surface area contributed by atoms with Crippen molar-refractivity contribution in [3.05, 3.63) is 29.3 Å². The first kappa shape index (κ1) is 14.1. The number of anilines is 1. The maximum Gasteiger partial charge on any atom is 0.227 e. The average Bonchev–Trinajstić information content (AvgIpc) is 2.42. The number of aryl methyl sites for hydroxylation is 1. The molecule has 104 valence electrons. The minimum atomic E-state index is 0.224. The Bertz CT molecular complexity index is 456. The van der Waals surface area contributed by atoms with Crippen molar-refractivity contribution in [2.45, 2.75) is 32.6 Å². The molecule has 1 aliphatic heterocycles. The largest absolute Gasteiger partial charge is 0.319 e. The third-order valence-electron chi connectivity index (χ3n) is 4.08. The second-order valence-corrected chi connectivity index (χ2v) is 5.45. The number of nitrogens with zero attached hydrogens (tertiary/aromatic N) is 1. The van der Waals surface area contributed by atoms with Gasteiger partial charge in [0.25, 0.3) is 0 Å². The van der Waals surface area contributed by atoms with Crippen LogP contribution < -0.4 is 10.2 Å². The number of rotatable bonds is 5. The fourth-order valence-electron chi connectivity index (χ4n) is 2.82. The van der Waals surface area contributed by atoms with E-state index in [4.69, 9.17) is 0 Å². The lowest BCUT2D eigenvalue weighted by molar-refractivity contribution is -0.118. The number of benzene rings is 1. The third kappa shape index (κ3) is 3.16. The van der Waals surface area contributed by atoms with Crippen LogP contribution in [0.4, 0.5) is 5.69 Å². The summed E-state index contributed by atoms with van der Waals surface area (Å²) in [6.07, 6.45) is 3.83. The van der Waals surface area contributed by atoms with Crippen molar-refractivity contribution in [2.75, 3.05) is 25.5 Å². The van der Waals surface area contributed by atoms with E-state index in [2.05, 4.69) is 30.4 Å². The van der Waals surface area contributed by atoms with Crippen molar-refractivity contribution in [3.8, 4) is 0 Å². The van der Waals surface area contributed by atoms with E-state index in [1.54, 1.807) is 4.90 Å². The Morgan fingerprint density at radius 1 is 1.37 bits per heavy atom. The molecule has 0 aromatic heterocycles. The Balaban J connectivity index is 2.15. The van der Waals surface area contributed by atoms with Gasteiger partial charge in [-0.2, -0.15) is 0 Å². The number of fused-ring (bicyclic) bond motifs is 1.